The zero-order chi connectivity index (χ0) is 4.50. The molecule has 0 aromatic heterocycles. The number of halogens is 1. The van der Waals surface area contributed by atoms with Gasteiger partial charge in [-0.1, -0.05) is 11.6 Å². The molecule has 5 heavy (non-hydrogen) atoms. The Balaban J connectivity index is 3.02. The maximum absolute atomic E-state index is 8.29. The minimum atomic E-state index is -1.03. The van der Waals surface area contributed by atoms with Gasteiger partial charge in [-0.3, -0.25) is 0 Å². The molecule has 0 fully saturated rings. The number of hydrogen-bond donors (Lipinski definition) is 1. The summed E-state index contributed by atoms with van der Waals surface area (Å²) in [5, 5.41) is 7.26. The molecule has 0 saturated heterocycles. The lowest BCUT2D eigenvalue weighted by molar-refractivity contribution is 0.171. The Labute approximate surface area is 36.6 Å². The van der Waals surface area contributed by atoms with E-state index in [4.69, 9.17) is 16.7 Å². The zero-order valence-corrected chi connectivity index (χ0v) is 4.08. The summed E-state index contributed by atoms with van der Waals surface area (Å²) in [5.74, 6) is 0. The average Bonchev–Trinajstić information content (AvgIpc) is 0.722. The molecule has 0 heterocycles. The lowest BCUT2D eigenvalue weighted by atomic mass is 10.5. The highest BCUT2D eigenvalue weighted by atomic mass is 35.5. The molecular formula is C3H7ClO. The molecule has 0 saturated carbocycles. The molecule has 2 heteroatoms. The second-order valence-electron chi connectivity index (χ2n) is 1.41. The minimum Gasteiger partial charge on any atom is -0.376 e. The first kappa shape index (κ1) is 5.25. The Morgan fingerprint density at radius 1 is 1.60 bits per heavy atom. The molecule has 0 aromatic rings. The van der Waals surface area contributed by atoms with E-state index in [1.807, 2.05) is 0 Å². The van der Waals surface area contributed by atoms with Crippen LogP contribution in [0, 0.1) is 0 Å². The van der Waals surface area contributed by atoms with Gasteiger partial charge in [-0.2, -0.15) is 0 Å². The lowest BCUT2D eigenvalue weighted by Gasteiger charge is -2.01. The van der Waals surface area contributed by atoms with Crippen LogP contribution in [-0.2, 0) is 0 Å². The van der Waals surface area contributed by atoms with E-state index < -0.39 is 5.06 Å². The van der Waals surface area contributed by atoms with Gasteiger partial charge >= 0.3 is 0 Å². The summed E-state index contributed by atoms with van der Waals surface area (Å²) in [7, 11) is 0. The molecule has 0 unspecified atom stereocenters. The van der Waals surface area contributed by atoms with Crippen molar-refractivity contribution >= 4 is 11.6 Å². The van der Waals surface area contributed by atoms with Crippen LogP contribution in [0.25, 0.3) is 0 Å². The van der Waals surface area contributed by atoms with Crippen LogP contribution in [0.1, 0.15) is 13.8 Å². The summed E-state index contributed by atoms with van der Waals surface area (Å²) in [6, 6.07) is 0. The van der Waals surface area contributed by atoms with Crippen LogP contribution in [0.2, 0.25) is 0 Å². The Kier molecular flexibility index (Phi) is 1.21. The number of hydrogen-bond acceptors (Lipinski definition) is 1. The fourth-order valence-corrected chi connectivity index (χ4v) is 0. The first-order valence-corrected chi connectivity index (χ1v) is 1.79. The maximum Gasteiger partial charge on any atom is 0.133 e. The minimum absolute atomic E-state index is 1.03. The van der Waals surface area contributed by atoms with Crippen molar-refractivity contribution in [3.8, 4) is 0 Å². The van der Waals surface area contributed by atoms with Crippen LogP contribution in [-0.4, -0.2) is 10.2 Å². The highest BCUT2D eigenvalue weighted by Crippen LogP contribution is 2.03. The summed E-state index contributed by atoms with van der Waals surface area (Å²) in [4.78, 5) is 0. The van der Waals surface area contributed by atoms with Gasteiger partial charge in [0.15, 0.2) is 0 Å². The van der Waals surface area contributed by atoms with Crippen LogP contribution >= 0.6 is 11.6 Å². The predicted octanol–water partition coefficient (Wildman–Crippen LogP) is 0.954. The molecule has 0 spiro atoms. The molecule has 0 aliphatic rings. The van der Waals surface area contributed by atoms with Crippen molar-refractivity contribution in [2.45, 2.75) is 18.9 Å². The van der Waals surface area contributed by atoms with Gasteiger partial charge in [-0.25, -0.2) is 0 Å². The van der Waals surface area contributed by atoms with Crippen molar-refractivity contribution in [1.29, 1.82) is 0 Å². The monoisotopic (exact) mass is 94.0 g/mol. The van der Waals surface area contributed by atoms with Gasteiger partial charge < -0.3 is 5.11 Å². The molecule has 0 radical (unpaired) electrons. The number of alkyl halides is 1. The largest absolute Gasteiger partial charge is 0.376 e. The maximum atomic E-state index is 8.29. The van der Waals surface area contributed by atoms with Gasteiger partial charge in [0.1, 0.15) is 5.06 Å². The summed E-state index contributed by atoms with van der Waals surface area (Å²) < 4.78 is 0. The zero-order valence-electron chi connectivity index (χ0n) is 3.33. The molecule has 0 aromatic carbocycles. The van der Waals surface area contributed by atoms with Crippen molar-refractivity contribution in [3.05, 3.63) is 0 Å². The Bertz CT molecular complexity index is 22.4. The van der Waals surface area contributed by atoms with Crippen molar-refractivity contribution < 1.29 is 5.11 Å². The van der Waals surface area contributed by atoms with E-state index in [-0.39, 0.29) is 0 Å². The smallest absolute Gasteiger partial charge is 0.133 e. The van der Waals surface area contributed by atoms with Crippen LogP contribution < -0.4 is 0 Å². The Morgan fingerprint density at radius 3 is 1.60 bits per heavy atom. The van der Waals surface area contributed by atoms with Crippen molar-refractivity contribution in [2.75, 3.05) is 0 Å². The summed E-state index contributed by atoms with van der Waals surface area (Å²) in [6.07, 6.45) is 0. The molecule has 1 N–H and O–H groups in total. The Hall–Kier alpha value is 0.250. The molecule has 0 atom stereocenters. The number of rotatable bonds is 0. The molecule has 0 bridgehead atoms. The third kappa shape index (κ3) is 344. The van der Waals surface area contributed by atoms with E-state index in [1.54, 1.807) is 0 Å². The third-order valence-electron chi connectivity index (χ3n) is 0. The molecule has 0 amide bonds. The van der Waals surface area contributed by atoms with Crippen molar-refractivity contribution in [1.82, 2.24) is 0 Å². The van der Waals surface area contributed by atoms with Gasteiger partial charge in [-0.05, 0) is 13.8 Å². The third-order valence-corrected chi connectivity index (χ3v) is 0. The van der Waals surface area contributed by atoms with E-state index in [1.165, 1.54) is 13.8 Å². The molecule has 1 nitrogen and oxygen atoms in total. The SMILES string of the molecule is CC(C)(O)Cl. The van der Waals surface area contributed by atoms with E-state index in [2.05, 4.69) is 0 Å². The van der Waals surface area contributed by atoms with E-state index in [9.17, 15) is 0 Å². The van der Waals surface area contributed by atoms with Crippen LogP contribution in [0.5, 0.6) is 0 Å². The van der Waals surface area contributed by atoms with Crippen LogP contribution in [0.3, 0.4) is 0 Å². The summed E-state index contributed by atoms with van der Waals surface area (Å²) in [6.45, 7) is 3.02. The number of aliphatic hydroxyl groups is 1. The van der Waals surface area contributed by atoms with Crippen LogP contribution in [0.15, 0.2) is 0 Å². The normalized spacial score (nSPS) is 12.0. The second-order valence-corrected chi connectivity index (χ2v) is 2.33. The standard InChI is InChI=1S/C3H7ClO/c1-3(2,4)5/h5H,1-2H3. The van der Waals surface area contributed by atoms with Crippen molar-refractivity contribution in [3.63, 3.8) is 0 Å². The van der Waals surface area contributed by atoms with Gasteiger partial charge in [0.05, 0.1) is 0 Å². The van der Waals surface area contributed by atoms with Gasteiger partial charge in [0.2, 0.25) is 0 Å². The quantitative estimate of drug-likeness (QED) is 0.443. The topological polar surface area (TPSA) is 20.2 Å². The second kappa shape index (κ2) is 1.15. The van der Waals surface area contributed by atoms with Gasteiger partial charge in [0, 0.05) is 0 Å². The first-order chi connectivity index (χ1) is 2.00. The molecule has 0 aliphatic heterocycles. The van der Waals surface area contributed by atoms with Gasteiger partial charge in [0.25, 0.3) is 0 Å². The van der Waals surface area contributed by atoms with E-state index >= 15 is 0 Å². The Morgan fingerprint density at radius 2 is 1.60 bits per heavy atom. The molecule has 32 valence electrons. The predicted molar refractivity (Wildman–Crippen MR) is 22.2 cm³/mol. The first-order valence-electron chi connectivity index (χ1n) is 1.41. The van der Waals surface area contributed by atoms with E-state index in [0.717, 1.165) is 0 Å². The van der Waals surface area contributed by atoms with E-state index in [0.29, 0.717) is 0 Å². The average molecular weight is 94.5 g/mol. The van der Waals surface area contributed by atoms with Crippen LogP contribution in [0.4, 0.5) is 0 Å². The molecular weight excluding hydrogens is 87.5 g/mol. The molecule has 0 aliphatic carbocycles. The highest BCUT2D eigenvalue weighted by Gasteiger charge is 2.01. The summed E-state index contributed by atoms with van der Waals surface area (Å²) in [5.41, 5.74) is 0. The fraction of sp³-hybridized carbons (Fsp3) is 1.00. The molecule has 0 rings (SSSR count). The fourth-order valence-electron chi connectivity index (χ4n) is 0. The highest BCUT2D eigenvalue weighted by molar-refractivity contribution is 6.22. The lowest BCUT2D eigenvalue weighted by Crippen LogP contribution is -2.05. The van der Waals surface area contributed by atoms with Gasteiger partial charge in [-0.15, -0.1) is 0 Å². The summed E-state index contributed by atoms with van der Waals surface area (Å²) >= 11 is 5.09. The van der Waals surface area contributed by atoms with Crippen molar-refractivity contribution in [2.24, 2.45) is 0 Å².